The van der Waals surface area contributed by atoms with Gasteiger partial charge >= 0.3 is 0 Å². The van der Waals surface area contributed by atoms with Crippen LogP contribution in [0.15, 0.2) is 66.7 Å². The molecule has 0 spiro atoms. The number of nitrogens with one attached hydrogen (secondary N) is 3. The number of rotatable bonds is 25. The highest BCUT2D eigenvalue weighted by molar-refractivity contribution is 7.13. The number of thiazole rings is 1. The number of benzene rings is 3. The molecule has 2 fully saturated rings. The minimum Gasteiger partial charge on any atom is -0.507 e. The van der Waals surface area contributed by atoms with Gasteiger partial charge in [-0.1, -0.05) is 69.3 Å². The van der Waals surface area contributed by atoms with Crippen LogP contribution < -0.4 is 20.9 Å². The number of hydrogen-bond acceptors (Lipinski definition) is 17. The number of anilines is 2. The molecule has 432 valence electrons. The van der Waals surface area contributed by atoms with Gasteiger partial charge in [0.2, 0.25) is 29.6 Å². The molecule has 5 atom stereocenters. The number of amides is 4. The Morgan fingerprint density at radius 3 is 2.33 bits per heavy atom. The Morgan fingerprint density at radius 2 is 1.68 bits per heavy atom. The molecule has 0 radical (unpaired) electrons. The quantitative estimate of drug-likeness (QED) is 0.0234. The fourth-order valence-electron chi connectivity index (χ4n) is 9.54. The van der Waals surface area contributed by atoms with Gasteiger partial charge in [0.25, 0.3) is 0 Å². The van der Waals surface area contributed by atoms with Crippen molar-refractivity contribution in [1.82, 2.24) is 40.3 Å². The number of phenolic OH excluding ortho intramolecular Hbond substituents is 1. The summed E-state index contributed by atoms with van der Waals surface area (Å²) in [6.07, 6.45) is -0.622. The van der Waals surface area contributed by atoms with E-state index >= 15 is 8.78 Å². The first-order valence-electron chi connectivity index (χ1n) is 26.4. The van der Waals surface area contributed by atoms with Crippen molar-refractivity contribution in [1.29, 1.82) is 0 Å². The smallest absolute Gasteiger partial charge is 0.246 e. The maximum atomic E-state index is 16.5. The molecule has 2 aliphatic heterocycles. The van der Waals surface area contributed by atoms with Gasteiger partial charge in [-0.05, 0) is 61.1 Å². The number of aliphatic hydroxyl groups is 2. The summed E-state index contributed by atoms with van der Waals surface area (Å²) < 4.78 is 48.4. The van der Waals surface area contributed by atoms with Gasteiger partial charge in [0, 0.05) is 76.3 Å². The maximum Gasteiger partial charge on any atom is 0.246 e. The highest BCUT2D eigenvalue weighted by atomic mass is 35.5. The summed E-state index contributed by atoms with van der Waals surface area (Å²) >= 11 is 8.15. The van der Waals surface area contributed by atoms with E-state index in [-0.39, 0.29) is 117 Å². The lowest BCUT2D eigenvalue weighted by Crippen LogP contribution is -2.59. The summed E-state index contributed by atoms with van der Waals surface area (Å²) in [5, 5.41) is 41.7. The number of fused-ring (bicyclic) bond motifs is 1. The lowest BCUT2D eigenvalue weighted by atomic mass is 9.85. The number of aryl methyl sites for hydroxylation is 1. The molecule has 6 N–H and O–H groups in total. The summed E-state index contributed by atoms with van der Waals surface area (Å²) in [6, 6.07) is 11.0. The molecule has 0 saturated carbocycles. The van der Waals surface area contributed by atoms with Crippen LogP contribution in [0.3, 0.4) is 0 Å². The molecule has 3 aromatic carbocycles. The van der Waals surface area contributed by atoms with Gasteiger partial charge in [0.15, 0.2) is 5.82 Å². The predicted octanol–water partition coefficient (Wildman–Crippen LogP) is 5.67. The highest BCUT2D eigenvalue weighted by Crippen LogP contribution is 2.43. The molecular weight excluding hydrogens is 1080 g/mol. The number of nitrogens with zero attached hydrogens (tertiary/aromatic N) is 7. The van der Waals surface area contributed by atoms with Gasteiger partial charge in [0.1, 0.15) is 41.8 Å². The Hall–Kier alpha value is -6.44. The maximum absolute atomic E-state index is 16.5. The molecule has 0 aliphatic carbocycles. The first-order valence-corrected chi connectivity index (χ1v) is 27.7. The third-order valence-electron chi connectivity index (χ3n) is 14.0. The number of aromatic hydroxyl groups is 1. The molecule has 20 nitrogen and oxygen atoms in total. The SMILES string of the molecule is C=CC(=O)N1CCN(c2nc(NCCC(=O)N(C)CCOCCOCCOCC(=O)N[C@H](C(=O)N3C[C@H](O)C[C@H]3C(O)N[C@@H](C)c3ccc(-c4scnc4C)cc3)C(C)(C)C)nc3c(F)c(-c4c(O)cccc4F)c(Cl)cc23)CC1. The van der Waals surface area contributed by atoms with E-state index in [0.29, 0.717) is 32.0 Å². The number of phenols is 1. The summed E-state index contributed by atoms with van der Waals surface area (Å²) in [7, 11) is 1.62. The summed E-state index contributed by atoms with van der Waals surface area (Å²) in [5.74, 6) is -3.48. The minimum atomic E-state index is -1.17. The van der Waals surface area contributed by atoms with E-state index in [9.17, 15) is 34.5 Å². The fourth-order valence-corrected chi connectivity index (χ4v) is 10.6. The lowest BCUT2D eigenvalue weighted by molar-refractivity contribution is -0.143. The summed E-state index contributed by atoms with van der Waals surface area (Å²) in [4.78, 5) is 73.5. The Balaban J connectivity index is 0.811. The number of halogens is 3. The van der Waals surface area contributed by atoms with Crippen molar-refractivity contribution in [3.05, 3.63) is 94.6 Å². The molecule has 0 bridgehead atoms. The van der Waals surface area contributed by atoms with Gasteiger partial charge in [-0.25, -0.2) is 18.7 Å². The molecule has 1 unspecified atom stereocenters. The molecule has 2 aliphatic rings. The van der Waals surface area contributed by atoms with Crippen LogP contribution in [-0.4, -0.2) is 186 Å². The van der Waals surface area contributed by atoms with Crippen molar-refractivity contribution < 1.29 is 57.5 Å². The number of carbonyl (C=O) groups excluding carboxylic acids is 4. The molecule has 2 aromatic heterocycles. The Morgan fingerprint density at radius 1 is 0.988 bits per heavy atom. The lowest BCUT2D eigenvalue weighted by Gasteiger charge is -2.37. The second-order valence-corrected chi connectivity index (χ2v) is 22.0. The standard InChI is InChI=1S/C56H71ClF2N10O10S/c1-8-44(73)67-18-20-68(21-19-67)52-38-29-39(57)46(47-40(58)10-9-11-42(47)71)48(59)49(38)64-55(65-52)60-17-16-45(74)66(7)22-23-77-24-25-78-26-27-79-31-43(72)63-51(56(4,5)6)54(76)69-30-37(70)28-41(69)53(75)62-33(2)35-12-14-36(15-13-35)50-34(3)61-32-80-50/h8-15,29,32-33,37,41,51,53,62,70-71,75H,1,16-28,30-31H2,2-7H3,(H,63,72)(H,60,64,65)/t33-,37+,41-,51+,53?/m0/s1. The van der Waals surface area contributed by atoms with E-state index in [1.165, 1.54) is 34.1 Å². The second-order valence-electron chi connectivity index (χ2n) is 20.8. The van der Waals surface area contributed by atoms with Crippen LogP contribution in [0.5, 0.6) is 5.75 Å². The summed E-state index contributed by atoms with van der Waals surface area (Å²) in [6.45, 7) is 15.1. The van der Waals surface area contributed by atoms with Crippen LogP contribution in [0.2, 0.25) is 5.02 Å². The molecule has 2 saturated heterocycles. The van der Waals surface area contributed by atoms with Crippen LogP contribution >= 0.6 is 22.9 Å². The average Bonchev–Trinajstić information content (AvgIpc) is 4.08. The number of likely N-dealkylation sites (N-methyl/N-ethyl adjacent to an activating group) is 1. The van der Waals surface area contributed by atoms with Gasteiger partial charge in [-0.15, -0.1) is 11.3 Å². The minimum absolute atomic E-state index is 0.00105. The zero-order valence-corrected chi connectivity index (χ0v) is 47.4. The Labute approximate surface area is 473 Å². The van der Waals surface area contributed by atoms with Crippen molar-refractivity contribution in [3.63, 3.8) is 0 Å². The predicted molar refractivity (Wildman–Crippen MR) is 301 cm³/mol. The van der Waals surface area contributed by atoms with E-state index in [1.54, 1.807) is 23.3 Å². The third kappa shape index (κ3) is 15.3. The number of aliphatic hydroxyl groups excluding tert-OH is 2. The van der Waals surface area contributed by atoms with Crippen molar-refractivity contribution in [2.45, 2.75) is 77.9 Å². The van der Waals surface area contributed by atoms with Crippen molar-refractivity contribution in [2.75, 3.05) is 103 Å². The van der Waals surface area contributed by atoms with Crippen molar-refractivity contribution >= 4 is 69.2 Å². The van der Waals surface area contributed by atoms with E-state index in [4.69, 9.17) is 25.8 Å². The Kier molecular flexibility index (Phi) is 21.3. The van der Waals surface area contributed by atoms with Crippen LogP contribution in [0.1, 0.15) is 57.8 Å². The number of β-amino-alcohol motifs (C(OH)–C–C–N with tert-alkyl or cyclic N) is 1. The first kappa shape index (κ1) is 61.2. The fraction of sp³-hybridized carbons (Fsp3) is 0.482. The van der Waals surface area contributed by atoms with E-state index in [1.807, 2.05) is 69.3 Å². The average molecular weight is 1150 g/mol. The molecule has 80 heavy (non-hydrogen) atoms. The second kappa shape index (κ2) is 27.8. The monoisotopic (exact) mass is 1150 g/mol. The zero-order chi connectivity index (χ0) is 57.8. The van der Waals surface area contributed by atoms with Gasteiger partial charge < -0.3 is 59.8 Å². The number of piperazine rings is 1. The van der Waals surface area contributed by atoms with Crippen LogP contribution in [0.4, 0.5) is 20.5 Å². The molecule has 4 heterocycles. The van der Waals surface area contributed by atoms with Crippen molar-refractivity contribution in [3.8, 4) is 27.3 Å². The number of likely N-dealkylation sites (tertiary alicyclic amines) is 1. The first-order chi connectivity index (χ1) is 38.2. The van der Waals surface area contributed by atoms with E-state index in [0.717, 1.165) is 27.8 Å². The van der Waals surface area contributed by atoms with Crippen LogP contribution in [0.25, 0.3) is 32.5 Å². The highest BCUT2D eigenvalue weighted by Gasteiger charge is 2.44. The zero-order valence-electron chi connectivity index (χ0n) is 45.8. The molecule has 4 amide bonds. The summed E-state index contributed by atoms with van der Waals surface area (Å²) in [5.41, 5.74) is 3.03. The van der Waals surface area contributed by atoms with Gasteiger partial charge in [-0.3, -0.25) is 24.5 Å². The number of carbonyl (C=O) groups is 4. The topological polar surface area (TPSA) is 244 Å². The third-order valence-corrected chi connectivity index (χ3v) is 15.3. The molecule has 24 heteroatoms. The molecular formula is C56H71ClF2N10O10S. The number of aromatic nitrogens is 3. The van der Waals surface area contributed by atoms with Gasteiger partial charge in [0.05, 0.1) is 71.8 Å². The van der Waals surface area contributed by atoms with Gasteiger partial charge in [-0.2, -0.15) is 4.98 Å². The van der Waals surface area contributed by atoms with E-state index in [2.05, 4.69) is 37.5 Å². The molecule has 7 rings (SSSR count). The molecule has 5 aromatic rings. The normalized spacial score (nSPS) is 16.9. The number of hydrogen-bond donors (Lipinski definition) is 6. The largest absolute Gasteiger partial charge is 0.507 e. The van der Waals surface area contributed by atoms with Crippen LogP contribution in [0, 0.1) is 24.0 Å². The Bertz CT molecular complexity index is 2960. The number of ether oxygens (including phenoxy) is 3. The van der Waals surface area contributed by atoms with Crippen molar-refractivity contribution in [2.24, 2.45) is 5.41 Å². The van der Waals surface area contributed by atoms with Crippen LogP contribution in [-0.2, 0) is 33.4 Å². The van der Waals surface area contributed by atoms with E-state index < -0.39 is 64.6 Å².